The summed E-state index contributed by atoms with van der Waals surface area (Å²) in [5, 5.41) is 18.4. The Hall–Kier alpha value is -2.11. The highest BCUT2D eigenvalue weighted by Crippen LogP contribution is 2.25. The molecule has 0 aliphatic carbocycles. The number of phenols is 1. The van der Waals surface area contributed by atoms with Gasteiger partial charge in [0.25, 0.3) is 0 Å². The summed E-state index contributed by atoms with van der Waals surface area (Å²) in [4.78, 5) is 23.1. The van der Waals surface area contributed by atoms with E-state index in [2.05, 4.69) is 0 Å². The van der Waals surface area contributed by atoms with Crippen molar-refractivity contribution in [2.24, 2.45) is 0 Å². The Balaban J connectivity index is 3.18. The van der Waals surface area contributed by atoms with Crippen molar-refractivity contribution in [2.45, 2.75) is 19.4 Å². The summed E-state index contributed by atoms with van der Waals surface area (Å²) in [6.45, 7) is 2.02. The van der Waals surface area contributed by atoms with Gasteiger partial charge >= 0.3 is 5.97 Å². The van der Waals surface area contributed by atoms with Crippen molar-refractivity contribution in [3.63, 3.8) is 0 Å². The topological polar surface area (TPSA) is 77.8 Å². The lowest BCUT2D eigenvalue weighted by Crippen LogP contribution is -2.33. The van der Waals surface area contributed by atoms with E-state index in [-0.39, 0.29) is 17.9 Å². The lowest BCUT2D eigenvalue weighted by molar-refractivity contribution is -0.146. The average molecular weight is 255 g/mol. The number of benzene rings is 1. The molecule has 0 radical (unpaired) electrons. The quantitative estimate of drug-likeness (QED) is 0.755. The van der Waals surface area contributed by atoms with Crippen LogP contribution in [0.1, 0.15) is 24.9 Å². The van der Waals surface area contributed by atoms with Gasteiger partial charge in [0.15, 0.2) is 6.04 Å². The van der Waals surface area contributed by atoms with Crippen LogP contribution in [0.25, 0.3) is 0 Å². The number of phenolic OH excluding ortho intramolecular Hbond substituents is 1. The molecule has 98 valence electrons. The van der Waals surface area contributed by atoms with Crippen LogP contribution >= 0.6 is 0 Å². The van der Waals surface area contributed by atoms with E-state index >= 15 is 0 Å². The average Bonchev–Trinajstić information content (AvgIpc) is 2.26. The summed E-state index contributed by atoms with van der Waals surface area (Å²) in [6, 6.07) is 1.69. The van der Waals surface area contributed by atoms with Crippen LogP contribution in [-0.4, -0.2) is 34.0 Å². The van der Waals surface area contributed by atoms with Crippen molar-refractivity contribution < 1.29 is 24.2 Å². The predicted octanol–water partition coefficient (Wildman–Crippen LogP) is 1.53. The van der Waals surface area contributed by atoms with Gasteiger partial charge in [-0.2, -0.15) is 0 Å². The first kappa shape index (κ1) is 14.0. The van der Waals surface area contributed by atoms with Crippen molar-refractivity contribution >= 4 is 12.4 Å². The molecule has 0 aromatic heterocycles. The van der Waals surface area contributed by atoms with Crippen molar-refractivity contribution in [3.8, 4) is 5.75 Å². The number of carbonyl (C=O) groups excluding carboxylic acids is 1. The van der Waals surface area contributed by atoms with E-state index in [4.69, 9.17) is 5.11 Å². The number of hydrogen-bond acceptors (Lipinski definition) is 3. The van der Waals surface area contributed by atoms with Gasteiger partial charge < -0.3 is 15.1 Å². The van der Waals surface area contributed by atoms with Crippen LogP contribution in [0, 0.1) is 5.82 Å². The zero-order valence-electron chi connectivity index (χ0n) is 9.84. The number of carboxylic acids is 1. The van der Waals surface area contributed by atoms with Crippen molar-refractivity contribution in [2.75, 3.05) is 6.54 Å². The first-order chi connectivity index (χ1) is 8.49. The maximum atomic E-state index is 13.1. The SMILES string of the molecule is CCCN(C=O)C(C(=O)O)c1cc(O)cc(F)c1. The summed E-state index contributed by atoms with van der Waals surface area (Å²) in [7, 11) is 0. The molecular formula is C12H14FNO4. The van der Waals surface area contributed by atoms with Gasteiger partial charge in [-0.15, -0.1) is 0 Å². The third-order valence-corrected chi connectivity index (χ3v) is 2.40. The Labute approximate surface area is 103 Å². The molecule has 6 heteroatoms. The third kappa shape index (κ3) is 3.19. The molecule has 1 atom stereocenters. The molecule has 0 aliphatic rings. The fourth-order valence-electron chi connectivity index (χ4n) is 1.73. The minimum Gasteiger partial charge on any atom is -0.508 e. The minimum atomic E-state index is -1.30. The lowest BCUT2D eigenvalue weighted by Gasteiger charge is -2.24. The molecule has 1 unspecified atom stereocenters. The predicted molar refractivity (Wildman–Crippen MR) is 61.5 cm³/mol. The van der Waals surface area contributed by atoms with E-state index < -0.39 is 17.8 Å². The molecule has 0 fully saturated rings. The lowest BCUT2D eigenvalue weighted by atomic mass is 10.0. The normalized spacial score (nSPS) is 11.9. The number of aliphatic carboxylic acids is 1. The Morgan fingerprint density at radius 1 is 1.50 bits per heavy atom. The van der Waals surface area contributed by atoms with Gasteiger partial charge in [-0.3, -0.25) is 4.79 Å². The van der Waals surface area contributed by atoms with E-state index in [0.29, 0.717) is 12.8 Å². The van der Waals surface area contributed by atoms with Gasteiger partial charge in [0.05, 0.1) is 0 Å². The van der Waals surface area contributed by atoms with Gasteiger partial charge in [0.1, 0.15) is 11.6 Å². The van der Waals surface area contributed by atoms with Crippen LogP contribution in [0.3, 0.4) is 0 Å². The summed E-state index contributed by atoms with van der Waals surface area (Å²) >= 11 is 0. The first-order valence-electron chi connectivity index (χ1n) is 5.43. The number of carbonyl (C=O) groups is 2. The summed E-state index contributed by atoms with van der Waals surface area (Å²) < 4.78 is 13.1. The van der Waals surface area contributed by atoms with Crippen LogP contribution in [0.5, 0.6) is 5.75 Å². The third-order valence-electron chi connectivity index (χ3n) is 2.40. The van der Waals surface area contributed by atoms with Crippen molar-refractivity contribution in [1.29, 1.82) is 0 Å². The second kappa shape index (κ2) is 6.00. The highest BCUT2D eigenvalue weighted by Gasteiger charge is 2.26. The molecule has 5 nitrogen and oxygen atoms in total. The second-order valence-corrected chi connectivity index (χ2v) is 3.83. The van der Waals surface area contributed by atoms with E-state index in [1.54, 1.807) is 6.92 Å². The molecule has 1 amide bonds. The van der Waals surface area contributed by atoms with Gasteiger partial charge in [0.2, 0.25) is 6.41 Å². The second-order valence-electron chi connectivity index (χ2n) is 3.83. The molecule has 1 aromatic carbocycles. The van der Waals surface area contributed by atoms with E-state index in [1.807, 2.05) is 0 Å². The standard InChI is InChI=1S/C12H14FNO4/c1-2-3-14(7-15)11(12(17)18)8-4-9(13)6-10(16)5-8/h4-7,11,16H,2-3H2,1H3,(H,17,18). The number of aromatic hydroxyl groups is 1. The zero-order valence-corrected chi connectivity index (χ0v) is 9.84. The van der Waals surface area contributed by atoms with Crippen molar-refractivity contribution in [3.05, 3.63) is 29.6 Å². The number of rotatable bonds is 6. The Morgan fingerprint density at radius 3 is 2.61 bits per heavy atom. The van der Waals surface area contributed by atoms with Crippen LogP contribution in [-0.2, 0) is 9.59 Å². The van der Waals surface area contributed by atoms with Gasteiger partial charge in [-0.1, -0.05) is 6.92 Å². The number of hydrogen-bond donors (Lipinski definition) is 2. The molecule has 1 aromatic rings. The van der Waals surface area contributed by atoms with Crippen LogP contribution < -0.4 is 0 Å². The van der Waals surface area contributed by atoms with E-state index in [0.717, 1.165) is 23.1 Å². The largest absolute Gasteiger partial charge is 0.508 e. The molecule has 0 heterocycles. The molecule has 18 heavy (non-hydrogen) atoms. The Bertz CT molecular complexity index is 429. The van der Waals surface area contributed by atoms with Crippen LogP contribution in [0.4, 0.5) is 4.39 Å². The monoisotopic (exact) mass is 255 g/mol. The number of halogens is 1. The molecule has 0 bridgehead atoms. The molecule has 0 saturated carbocycles. The molecular weight excluding hydrogens is 241 g/mol. The number of amides is 1. The summed E-state index contributed by atoms with van der Waals surface area (Å²) in [6.07, 6.45) is 0.980. The fraction of sp³-hybridized carbons (Fsp3) is 0.333. The minimum absolute atomic E-state index is 0.0283. The summed E-state index contributed by atoms with van der Waals surface area (Å²) in [5.41, 5.74) is 0.0283. The molecule has 1 rings (SSSR count). The van der Waals surface area contributed by atoms with E-state index in [1.165, 1.54) is 0 Å². The first-order valence-corrected chi connectivity index (χ1v) is 5.43. The van der Waals surface area contributed by atoms with Gasteiger partial charge in [0, 0.05) is 12.6 Å². The van der Waals surface area contributed by atoms with E-state index in [9.17, 15) is 19.1 Å². The maximum absolute atomic E-state index is 13.1. The summed E-state index contributed by atoms with van der Waals surface area (Å²) in [5.74, 6) is -2.40. The number of carboxylic acid groups (broad SMARTS) is 1. The Morgan fingerprint density at radius 2 is 2.17 bits per heavy atom. The van der Waals surface area contributed by atoms with Crippen LogP contribution in [0.15, 0.2) is 18.2 Å². The van der Waals surface area contributed by atoms with Gasteiger partial charge in [-0.05, 0) is 24.1 Å². The maximum Gasteiger partial charge on any atom is 0.331 e. The zero-order chi connectivity index (χ0) is 13.7. The van der Waals surface area contributed by atoms with Crippen LogP contribution in [0.2, 0.25) is 0 Å². The molecule has 0 saturated heterocycles. The molecule has 0 aliphatic heterocycles. The van der Waals surface area contributed by atoms with Crippen molar-refractivity contribution in [1.82, 2.24) is 4.90 Å². The van der Waals surface area contributed by atoms with Gasteiger partial charge in [-0.25, -0.2) is 9.18 Å². The highest BCUT2D eigenvalue weighted by atomic mass is 19.1. The molecule has 0 spiro atoms. The molecule has 2 N–H and O–H groups in total. The smallest absolute Gasteiger partial charge is 0.331 e. The fourth-order valence-corrected chi connectivity index (χ4v) is 1.73. The highest BCUT2D eigenvalue weighted by molar-refractivity contribution is 5.78. The Kier molecular flexibility index (Phi) is 4.65. The number of nitrogens with zero attached hydrogens (tertiary/aromatic N) is 1.